The lowest BCUT2D eigenvalue weighted by atomic mass is 10.1. The van der Waals surface area contributed by atoms with Crippen LogP contribution in [0.1, 0.15) is 25.7 Å². The van der Waals surface area contributed by atoms with Crippen molar-refractivity contribution in [2.45, 2.75) is 37.8 Å². The van der Waals surface area contributed by atoms with Gasteiger partial charge in [0.05, 0.1) is 0 Å². The maximum Gasteiger partial charge on any atom is 0.0411 e. The first-order valence-electron chi connectivity index (χ1n) is 5.70. The van der Waals surface area contributed by atoms with E-state index in [0.717, 1.165) is 12.1 Å². The molecule has 3 nitrogen and oxygen atoms in total. The van der Waals surface area contributed by atoms with E-state index in [-0.39, 0.29) is 0 Å². The van der Waals surface area contributed by atoms with Gasteiger partial charge >= 0.3 is 0 Å². The van der Waals surface area contributed by atoms with E-state index in [2.05, 4.69) is 15.3 Å². The molecule has 2 atom stereocenters. The summed E-state index contributed by atoms with van der Waals surface area (Å²) in [5, 5.41) is 8.85. The molecule has 2 unspecified atom stereocenters. The molecule has 0 saturated carbocycles. The summed E-state index contributed by atoms with van der Waals surface area (Å²) in [4.78, 5) is 0. The van der Waals surface area contributed by atoms with Gasteiger partial charge in [-0.15, -0.1) is 0 Å². The minimum absolute atomic E-state index is 0.806. The quantitative estimate of drug-likeness (QED) is 0.633. The highest BCUT2D eigenvalue weighted by Gasteiger charge is 2.40. The fraction of sp³-hybridized carbons (Fsp3) is 1.00. The van der Waals surface area contributed by atoms with Gasteiger partial charge in [-0.05, 0) is 32.2 Å². The van der Waals surface area contributed by atoms with Crippen molar-refractivity contribution in [3.8, 4) is 0 Å². The molecule has 3 fully saturated rings. The summed E-state index contributed by atoms with van der Waals surface area (Å²) in [6, 6.07) is 1.64. The predicted octanol–water partition coefficient (Wildman–Crippen LogP) is 0.433. The highest BCUT2D eigenvalue weighted by molar-refractivity contribution is 4.96. The Labute approximate surface area is 80.0 Å². The van der Waals surface area contributed by atoms with Crippen LogP contribution in [0.2, 0.25) is 0 Å². The van der Waals surface area contributed by atoms with Crippen molar-refractivity contribution in [2.24, 2.45) is 0 Å². The zero-order valence-electron chi connectivity index (χ0n) is 8.21. The van der Waals surface area contributed by atoms with E-state index in [1.807, 2.05) is 0 Å². The Hall–Kier alpha value is -0.120. The third kappa shape index (κ3) is 1.30. The van der Waals surface area contributed by atoms with Crippen LogP contribution in [0.15, 0.2) is 0 Å². The van der Waals surface area contributed by atoms with Gasteiger partial charge in [0, 0.05) is 31.7 Å². The molecule has 0 radical (unpaired) electrons. The summed E-state index contributed by atoms with van der Waals surface area (Å²) in [5.74, 6) is 0. The maximum absolute atomic E-state index is 3.60. The van der Waals surface area contributed by atoms with Gasteiger partial charge in [0.1, 0.15) is 0 Å². The Morgan fingerprint density at radius 1 is 1.00 bits per heavy atom. The number of hydrogen-bond acceptors (Lipinski definition) is 3. The summed E-state index contributed by atoms with van der Waals surface area (Å²) in [6.07, 6.45) is 5.53. The highest BCUT2D eigenvalue weighted by atomic mass is 15.7. The van der Waals surface area contributed by atoms with Gasteiger partial charge in [-0.1, -0.05) is 0 Å². The lowest BCUT2D eigenvalue weighted by Gasteiger charge is -2.32. The van der Waals surface area contributed by atoms with E-state index in [1.54, 1.807) is 0 Å². The molecule has 3 aliphatic rings. The van der Waals surface area contributed by atoms with Crippen molar-refractivity contribution in [1.29, 1.82) is 0 Å². The zero-order chi connectivity index (χ0) is 8.67. The number of hydrogen-bond donors (Lipinski definition) is 1. The molecule has 0 amide bonds. The SMILES string of the molecule is C1CCN(N2CCC3NCCC32)C1. The average molecular weight is 181 g/mol. The molecule has 0 bridgehead atoms. The highest BCUT2D eigenvalue weighted by Crippen LogP contribution is 2.28. The molecule has 3 aliphatic heterocycles. The molecule has 3 saturated heterocycles. The Balaban J connectivity index is 1.70. The molecule has 3 heteroatoms. The van der Waals surface area contributed by atoms with Crippen LogP contribution in [0.3, 0.4) is 0 Å². The second kappa shape index (κ2) is 3.23. The van der Waals surface area contributed by atoms with Gasteiger partial charge in [0.25, 0.3) is 0 Å². The van der Waals surface area contributed by atoms with Crippen LogP contribution in [0, 0.1) is 0 Å². The maximum atomic E-state index is 3.60. The van der Waals surface area contributed by atoms with Crippen LogP contribution < -0.4 is 5.32 Å². The molecule has 0 aromatic carbocycles. The summed E-state index contributed by atoms with van der Waals surface area (Å²) in [7, 11) is 0. The van der Waals surface area contributed by atoms with Crippen molar-refractivity contribution in [1.82, 2.24) is 15.3 Å². The molecule has 13 heavy (non-hydrogen) atoms. The Kier molecular flexibility index (Phi) is 2.04. The van der Waals surface area contributed by atoms with E-state index in [9.17, 15) is 0 Å². The van der Waals surface area contributed by atoms with Gasteiger partial charge in [0.15, 0.2) is 0 Å². The number of hydrazine groups is 1. The summed E-state index contributed by atoms with van der Waals surface area (Å²) in [5.41, 5.74) is 0. The second-order valence-electron chi connectivity index (χ2n) is 4.53. The van der Waals surface area contributed by atoms with Crippen LogP contribution >= 0.6 is 0 Å². The molecule has 0 aromatic heterocycles. The summed E-state index contributed by atoms with van der Waals surface area (Å²) in [6.45, 7) is 5.15. The monoisotopic (exact) mass is 181 g/mol. The van der Waals surface area contributed by atoms with Crippen molar-refractivity contribution in [3.05, 3.63) is 0 Å². The number of fused-ring (bicyclic) bond motifs is 1. The lowest BCUT2D eigenvalue weighted by molar-refractivity contribution is -0.0147. The van der Waals surface area contributed by atoms with Gasteiger partial charge in [-0.2, -0.15) is 0 Å². The molecule has 74 valence electrons. The van der Waals surface area contributed by atoms with E-state index in [4.69, 9.17) is 0 Å². The summed E-state index contributed by atoms with van der Waals surface area (Å²) < 4.78 is 0. The Morgan fingerprint density at radius 3 is 2.69 bits per heavy atom. The molecular formula is C10H19N3. The smallest absolute Gasteiger partial charge is 0.0411 e. The molecule has 0 spiro atoms. The molecular weight excluding hydrogens is 162 g/mol. The van der Waals surface area contributed by atoms with Crippen LogP contribution in [-0.4, -0.2) is 48.3 Å². The van der Waals surface area contributed by atoms with Gasteiger partial charge in [0.2, 0.25) is 0 Å². The van der Waals surface area contributed by atoms with E-state index >= 15 is 0 Å². The largest absolute Gasteiger partial charge is 0.312 e. The zero-order valence-corrected chi connectivity index (χ0v) is 8.21. The van der Waals surface area contributed by atoms with Crippen molar-refractivity contribution in [3.63, 3.8) is 0 Å². The second-order valence-corrected chi connectivity index (χ2v) is 4.53. The minimum Gasteiger partial charge on any atom is -0.312 e. The number of nitrogens with zero attached hydrogens (tertiary/aromatic N) is 2. The van der Waals surface area contributed by atoms with Crippen LogP contribution in [0.4, 0.5) is 0 Å². The standard InChI is InChI=1S/C10H19N3/c1-2-7-12(6-1)13-8-4-9-10(13)3-5-11-9/h9-11H,1-8H2. The van der Waals surface area contributed by atoms with Crippen molar-refractivity contribution in [2.75, 3.05) is 26.2 Å². The topological polar surface area (TPSA) is 18.5 Å². The first-order valence-corrected chi connectivity index (χ1v) is 5.70. The molecule has 1 N–H and O–H groups in total. The third-order valence-electron chi connectivity index (χ3n) is 3.81. The number of rotatable bonds is 1. The molecule has 0 aliphatic carbocycles. The molecule has 3 rings (SSSR count). The first-order chi connectivity index (χ1) is 6.45. The Bertz CT molecular complexity index is 189. The first kappa shape index (κ1) is 8.21. The van der Waals surface area contributed by atoms with Gasteiger partial charge in [-0.3, -0.25) is 0 Å². The summed E-state index contributed by atoms with van der Waals surface area (Å²) >= 11 is 0. The molecule has 0 aromatic rings. The average Bonchev–Trinajstić information content (AvgIpc) is 2.79. The Morgan fingerprint density at radius 2 is 1.85 bits per heavy atom. The van der Waals surface area contributed by atoms with Crippen molar-refractivity contribution >= 4 is 0 Å². The number of nitrogens with one attached hydrogen (secondary N) is 1. The minimum atomic E-state index is 0.806. The van der Waals surface area contributed by atoms with Crippen molar-refractivity contribution < 1.29 is 0 Å². The van der Waals surface area contributed by atoms with Gasteiger partial charge < -0.3 is 5.32 Å². The fourth-order valence-electron chi connectivity index (χ4n) is 3.15. The van der Waals surface area contributed by atoms with Crippen LogP contribution in [0.25, 0.3) is 0 Å². The van der Waals surface area contributed by atoms with Crippen LogP contribution in [-0.2, 0) is 0 Å². The van der Waals surface area contributed by atoms with E-state index in [0.29, 0.717) is 0 Å². The van der Waals surface area contributed by atoms with Gasteiger partial charge in [-0.25, -0.2) is 10.0 Å². The van der Waals surface area contributed by atoms with Crippen LogP contribution in [0.5, 0.6) is 0 Å². The normalized spacial score (nSPS) is 41.5. The van der Waals surface area contributed by atoms with E-state index in [1.165, 1.54) is 51.9 Å². The predicted molar refractivity (Wildman–Crippen MR) is 52.3 cm³/mol. The van der Waals surface area contributed by atoms with E-state index < -0.39 is 0 Å². The third-order valence-corrected chi connectivity index (χ3v) is 3.81. The lowest BCUT2D eigenvalue weighted by Crippen LogP contribution is -2.45. The fourth-order valence-corrected chi connectivity index (χ4v) is 3.15. The molecule has 3 heterocycles.